The molecule has 3 rings (SSSR count). The number of hydrogen-bond acceptors (Lipinski definition) is 4. The Morgan fingerprint density at radius 2 is 1.95 bits per heavy atom. The van der Waals surface area contributed by atoms with Crippen molar-refractivity contribution < 1.29 is 0 Å². The van der Waals surface area contributed by atoms with Crippen molar-refractivity contribution in [3.05, 3.63) is 42.2 Å². The Kier molecular flexibility index (Phi) is 3.65. The second kappa shape index (κ2) is 5.59. The van der Waals surface area contributed by atoms with Crippen LogP contribution in [0, 0.1) is 0 Å². The molecule has 1 aliphatic rings. The van der Waals surface area contributed by atoms with Crippen molar-refractivity contribution in [1.29, 1.82) is 0 Å². The van der Waals surface area contributed by atoms with Crippen molar-refractivity contribution in [3.8, 4) is 11.3 Å². The highest BCUT2D eigenvalue weighted by atomic mass is 15.2. The molecule has 1 aromatic carbocycles. The molecule has 4 heteroatoms. The van der Waals surface area contributed by atoms with Gasteiger partial charge in [-0.1, -0.05) is 18.2 Å². The molecule has 0 radical (unpaired) electrons. The summed E-state index contributed by atoms with van der Waals surface area (Å²) in [5.74, 6) is 0.507. The van der Waals surface area contributed by atoms with E-state index in [4.69, 9.17) is 5.73 Å². The summed E-state index contributed by atoms with van der Waals surface area (Å²) in [6.07, 6.45) is 4.14. The Morgan fingerprint density at radius 1 is 1.15 bits per heavy atom. The van der Waals surface area contributed by atoms with E-state index in [1.807, 2.05) is 6.07 Å². The largest absolute Gasteiger partial charge is 0.384 e. The first-order valence-corrected chi connectivity index (χ1v) is 7.16. The number of benzene rings is 1. The molecule has 20 heavy (non-hydrogen) atoms. The fourth-order valence-corrected chi connectivity index (χ4v) is 2.83. The predicted molar refractivity (Wildman–Crippen MR) is 81.1 cm³/mol. The fraction of sp³-hybridized carbons (Fsp3) is 0.375. The van der Waals surface area contributed by atoms with Gasteiger partial charge in [0.25, 0.3) is 0 Å². The Labute approximate surface area is 119 Å². The van der Waals surface area contributed by atoms with Crippen LogP contribution in [0.3, 0.4) is 0 Å². The van der Waals surface area contributed by atoms with Crippen LogP contribution in [0.25, 0.3) is 11.3 Å². The number of rotatable bonds is 3. The molecule has 1 aliphatic heterocycles. The molecule has 0 amide bonds. The molecule has 2 N–H and O–H groups in total. The molecule has 1 saturated heterocycles. The first kappa shape index (κ1) is 13.1. The summed E-state index contributed by atoms with van der Waals surface area (Å²) in [6.45, 7) is 4.68. The van der Waals surface area contributed by atoms with Gasteiger partial charge in [-0.25, -0.2) is 9.97 Å². The van der Waals surface area contributed by atoms with Crippen LogP contribution >= 0.6 is 0 Å². The van der Waals surface area contributed by atoms with E-state index in [0.717, 1.165) is 11.3 Å². The minimum atomic E-state index is 0.455. The van der Waals surface area contributed by atoms with E-state index in [0.29, 0.717) is 11.9 Å². The summed E-state index contributed by atoms with van der Waals surface area (Å²) in [5.41, 5.74) is 9.05. The topological polar surface area (TPSA) is 55.0 Å². The van der Waals surface area contributed by atoms with Gasteiger partial charge >= 0.3 is 0 Å². The highest BCUT2D eigenvalue weighted by Gasteiger charge is 2.19. The van der Waals surface area contributed by atoms with E-state index in [2.05, 4.69) is 46.1 Å². The number of nitrogens with zero attached hydrogens (tertiary/aromatic N) is 3. The minimum absolute atomic E-state index is 0.455. The van der Waals surface area contributed by atoms with Crippen LogP contribution in [0.2, 0.25) is 0 Å². The van der Waals surface area contributed by atoms with Crippen molar-refractivity contribution in [3.63, 3.8) is 0 Å². The van der Waals surface area contributed by atoms with Crippen molar-refractivity contribution in [2.45, 2.75) is 25.8 Å². The molecule has 2 heterocycles. The van der Waals surface area contributed by atoms with Gasteiger partial charge in [-0.05, 0) is 44.5 Å². The maximum Gasteiger partial charge on any atom is 0.127 e. The lowest BCUT2D eigenvalue weighted by Crippen LogP contribution is -2.23. The first-order valence-electron chi connectivity index (χ1n) is 7.16. The van der Waals surface area contributed by atoms with Crippen LogP contribution in [-0.4, -0.2) is 28.0 Å². The van der Waals surface area contributed by atoms with Gasteiger partial charge in [0.05, 0.1) is 5.69 Å². The number of nitrogens with two attached hydrogens (primary N) is 1. The van der Waals surface area contributed by atoms with Gasteiger partial charge < -0.3 is 5.73 Å². The SMILES string of the molecule is C[C@@H](c1cccc(-c2cc(N)ncn2)c1)N1CCCC1. The van der Waals surface area contributed by atoms with Crippen molar-refractivity contribution in [2.24, 2.45) is 0 Å². The van der Waals surface area contributed by atoms with E-state index < -0.39 is 0 Å². The van der Waals surface area contributed by atoms with Gasteiger partial charge in [-0.3, -0.25) is 4.90 Å². The lowest BCUT2D eigenvalue weighted by molar-refractivity contribution is 0.263. The molecule has 104 valence electrons. The van der Waals surface area contributed by atoms with E-state index in [1.165, 1.54) is 37.8 Å². The number of aromatic nitrogens is 2. The van der Waals surface area contributed by atoms with Crippen LogP contribution in [0.15, 0.2) is 36.7 Å². The standard InChI is InChI=1S/C16H20N4/c1-12(20-7-2-3-8-20)13-5-4-6-14(9-13)15-10-16(17)19-11-18-15/h4-6,9-12H,2-3,7-8H2,1H3,(H2,17,18,19)/t12-/m0/s1. The first-order chi connectivity index (χ1) is 9.74. The molecule has 1 fully saturated rings. The lowest BCUT2D eigenvalue weighted by atomic mass is 10.0. The van der Waals surface area contributed by atoms with Gasteiger partial charge in [0, 0.05) is 17.7 Å². The van der Waals surface area contributed by atoms with Crippen LogP contribution in [0.4, 0.5) is 5.82 Å². The van der Waals surface area contributed by atoms with Gasteiger partial charge in [-0.2, -0.15) is 0 Å². The number of likely N-dealkylation sites (tertiary alicyclic amines) is 1. The van der Waals surface area contributed by atoms with E-state index in [-0.39, 0.29) is 0 Å². The zero-order valence-electron chi connectivity index (χ0n) is 11.8. The third kappa shape index (κ3) is 2.65. The summed E-state index contributed by atoms with van der Waals surface area (Å²) in [6, 6.07) is 10.8. The second-order valence-corrected chi connectivity index (χ2v) is 5.37. The number of nitrogen functional groups attached to an aromatic ring is 1. The smallest absolute Gasteiger partial charge is 0.127 e. The normalized spacial score (nSPS) is 17.2. The fourth-order valence-electron chi connectivity index (χ4n) is 2.83. The van der Waals surface area contributed by atoms with Crippen LogP contribution in [0.5, 0.6) is 0 Å². The lowest BCUT2D eigenvalue weighted by Gasteiger charge is -2.24. The summed E-state index contributed by atoms with van der Waals surface area (Å²) >= 11 is 0. The van der Waals surface area contributed by atoms with Gasteiger partial charge in [0.2, 0.25) is 0 Å². The average molecular weight is 268 g/mol. The molecule has 4 nitrogen and oxygen atoms in total. The molecule has 0 spiro atoms. The minimum Gasteiger partial charge on any atom is -0.384 e. The summed E-state index contributed by atoms with van der Waals surface area (Å²) < 4.78 is 0. The third-order valence-electron chi connectivity index (χ3n) is 4.04. The van der Waals surface area contributed by atoms with Crippen molar-refractivity contribution in [1.82, 2.24) is 14.9 Å². The van der Waals surface area contributed by atoms with E-state index in [1.54, 1.807) is 0 Å². The van der Waals surface area contributed by atoms with Gasteiger partial charge in [0.1, 0.15) is 12.1 Å². The van der Waals surface area contributed by atoms with Gasteiger partial charge in [-0.15, -0.1) is 0 Å². The highest BCUT2D eigenvalue weighted by Crippen LogP contribution is 2.27. The molecular weight excluding hydrogens is 248 g/mol. The molecule has 0 aliphatic carbocycles. The highest BCUT2D eigenvalue weighted by molar-refractivity contribution is 5.62. The molecule has 0 saturated carbocycles. The zero-order valence-corrected chi connectivity index (χ0v) is 11.8. The Balaban J connectivity index is 1.89. The molecule has 0 bridgehead atoms. The molecule has 2 aromatic rings. The van der Waals surface area contributed by atoms with E-state index in [9.17, 15) is 0 Å². The summed E-state index contributed by atoms with van der Waals surface area (Å²) in [5, 5.41) is 0. The van der Waals surface area contributed by atoms with Crippen LogP contribution in [0.1, 0.15) is 31.4 Å². The monoisotopic (exact) mass is 268 g/mol. The Morgan fingerprint density at radius 3 is 2.70 bits per heavy atom. The maximum absolute atomic E-state index is 5.73. The van der Waals surface area contributed by atoms with Crippen molar-refractivity contribution >= 4 is 5.82 Å². The molecule has 1 atom stereocenters. The Hall–Kier alpha value is -1.94. The van der Waals surface area contributed by atoms with Crippen LogP contribution < -0.4 is 5.73 Å². The number of anilines is 1. The molecular formula is C16H20N4. The second-order valence-electron chi connectivity index (χ2n) is 5.37. The van der Waals surface area contributed by atoms with Crippen LogP contribution in [-0.2, 0) is 0 Å². The predicted octanol–water partition coefficient (Wildman–Crippen LogP) is 2.88. The van der Waals surface area contributed by atoms with E-state index >= 15 is 0 Å². The average Bonchev–Trinajstić information content (AvgIpc) is 3.01. The summed E-state index contributed by atoms with van der Waals surface area (Å²) in [4.78, 5) is 10.8. The zero-order chi connectivity index (χ0) is 13.9. The molecule has 0 unspecified atom stereocenters. The quantitative estimate of drug-likeness (QED) is 0.930. The third-order valence-corrected chi connectivity index (χ3v) is 4.04. The molecule has 1 aromatic heterocycles. The Bertz CT molecular complexity index is 591. The summed E-state index contributed by atoms with van der Waals surface area (Å²) in [7, 11) is 0. The van der Waals surface area contributed by atoms with Crippen molar-refractivity contribution in [2.75, 3.05) is 18.8 Å². The van der Waals surface area contributed by atoms with Gasteiger partial charge in [0.15, 0.2) is 0 Å². The maximum atomic E-state index is 5.73. The number of hydrogen-bond donors (Lipinski definition) is 1.